The van der Waals surface area contributed by atoms with Crippen molar-refractivity contribution in [2.75, 3.05) is 7.11 Å². The Labute approximate surface area is 127 Å². The number of nitrogens with one attached hydrogen (secondary N) is 1. The standard InChI is InChI=1S/C14H14BrNO3S/c1-19-12-6-8-13(9-7-12)20(17,18)16-10-11-4-2-3-5-14(11)15/h2-9,16H,10H2,1H3. The molecule has 20 heavy (non-hydrogen) atoms. The first-order chi connectivity index (χ1) is 9.53. The molecule has 0 amide bonds. The molecule has 1 N–H and O–H groups in total. The molecule has 0 saturated heterocycles. The van der Waals surface area contributed by atoms with Crippen LogP contribution in [0.2, 0.25) is 0 Å². The van der Waals surface area contributed by atoms with E-state index < -0.39 is 10.0 Å². The highest BCUT2D eigenvalue weighted by Gasteiger charge is 2.14. The molecule has 0 aromatic heterocycles. The number of halogens is 1. The van der Waals surface area contributed by atoms with Gasteiger partial charge in [0, 0.05) is 11.0 Å². The number of hydrogen-bond acceptors (Lipinski definition) is 3. The number of sulfonamides is 1. The first kappa shape index (κ1) is 15.0. The zero-order chi connectivity index (χ0) is 14.6. The molecule has 106 valence electrons. The summed E-state index contributed by atoms with van der Waals surface area (Å²) in [4.78, 5) is 0.213. The summed E-state index contributed by atoms with van der Waals surface area (Å²) < 4.78 is 32.7. The highest BCUT2D eigenvalue weighted by molar-refractivity contribution is 9.10. The second-order valence-electron chi connectivity index (χ2n) is 4.09. The molecule has 0 fully saturated rings. The predicted molar refractivity (Wildman–Crippen MR) is 81.2 cm³/mol. The summed E-state index contributed by atoms with van der Waals surface area (Å²) in [5.74, 6) is 0.620. The van der Waals surface area contributed by atoms with Crippen molar-refractivity contribution in [1.82, 2.24) is 4.72 Å². The van der Waals surface area contributed by atoms with Gasteiger partial charge in [-0.05, 0) is 35.9 Å². The zero-order valence-electron chi connectivity index (χ0n) is 10.8. The molecule has 0 radical (unpaired) electrons. The summed E-state index contributed by atoms with van der Waals surface area (Å²) in [6.45, 7) is 0.232. The van der Waals surface area contributed by atoms with Gasteiger partial charge in [-0.15, -0.1) is 0 Å². The average Bonchev–Trinajstić information content (AvgIpc) is 2.46. The summed E-state index contributed by atoms with van der Waals surface area (Å²) in [5.41, 5.74) is 0.879. The fourth-order valence-electron chi connectivity index (χ4n) is 1.65. The van der Waals surface area contributed by atoms with Crippen LogP contribution in [0.15, 0.2) is 57.9 Å². The summed E-state index contributed by atoms with van der Waals surface area (Å²) in [6.07, 6.45) is 0. The molecular formula is C14H14BrNO3S. The summed E-state index contributed by atoms with van der Waals surface area (Å²) in [5, 5.41) is 0. The van der Waals surface area contributed by atoms with Crippen molar-refractivity contribution >= 4 is 26.0 Å². The Morgan fingerprint density at radius 2 is 1.75 bits per heavy atom. The van der Waals surface area contributed by atoms with Crippen molar-refractivity contribution < 1.29 is 13.2 Å². The topological polar surface area (TPSA) is 55.4 Å². The minimum absolute atomic E-state index is 0.213. The third-order valence-electron chi connectivity index (χ3n) is 2.78. The zero-order valence-corrected chi connectivity index (χ0v) is 13.2. The lowest BCUT2D eigenvalue weighted by molar-refractivity contribution is 0.414. The van der Waals surface area contributed by atoms with E-state index in [2.05, 4.69) is 20.7 Å². The van der Waals surface area contributed by atoms with Crippen LogP contribution in [0.3, 0.4) is 0 Å². The number of hydrogen-bond donors (Lipinski definition) is 1. The molecule has 0 atom stereocenters. The smallest absolute Gasteiger partial charge is 0.240 e. The van der Waals surface area contributed by atoms with Crippen LogP contribution in [0, 0.1) is 0 Å². The van der Waals surface area contributed by atoms with E-state index >= 15 is 0 Å². The molecule has 0 aliphatic carbocycles. The highest BCUT2D eigenvalue weighted by Crippen LogP contribution is 2.18. The van der Waals surface area contributed by atoms with Gasteiger partial charge in [-0.2, -0.15) is 0 Å². The molecule has 2 aromatic carbocycles. The van der Waals surface area contributed by atoms with Crippen molar-refractivity contribution in [3.8, 4) is 5.75 Å². The summed E-state index contributed by atoms with van der Waals surface area (Å²) in [6, 6.07) is 13.7. The molecule has 0 saturated carbocycles. The molecule has 4 nitrogen and oxygen atoms in total. The van der Waals surface area contributed by atoms with Crippen molar-refractivity contribution in [3.63, 3.8) is 0 Å². The van der Waals surface area contributed by atoms with Crippen LogP contribution >= 0.6 is 15.9 Å². The summed E-state index contributed by atoms with van der Waals surface area (Å²) in [7, 11) is -1.99. The van der Waals surface area contributed by atoms with Gasteiger partial charge in [0.05, 0.1) is 12.0 Å². The van der Waals surface area contributed by atoms with E-state index in [9.17, 15) is 8.42 Å². The third-order valence-corrected chi connectivity index (χ3v) is 4.97. The number of methoxy groups -OCH3 is 1. The normalized spacial score (nSPS) is 11.3. The van der Waals surface area contributed by atoms with Gasteiger partial charge in [-0.1, -0.05) is 34.1 Å². The van der Waals surface area contributed by atoms with Crippen LogP contribution in [-0.2, 0) is 16.6 Å². The number of ether oxygens (including phenoxy) is 1. The molecule has 0 aliphatic rings. The monoisotopic (exact) mass is 355 g/mol. The van der Waals surface area contributed by atoms with Crippen LogP contribution in [0.5, 0.6) is 5.75 Å². The van der Waals surface area contributed by atoms with E-state index in [4.69, 9.17) is 4.74 Å². The van der Waals surface area contributed by atoms with Crippen LogP contribution in [0.1, 0.15) is 5.56 Å². The first-order valence-electron chi connectivity index (χ1n) is 5.90. The fourth-order valence-corrected chi connectivity index (χ4v) is 3.08. The van der Waals surface area contributed by atoms with Gasteiger partial charge in [-0.25, -0.2) is 13.1 Å². The molecule has 2 rings (SSSR count). The van der Waals surface area contributed by atoms with Gasteiger partial charge in [0.15, 0.2) is 0 Å². The molecule has 0 unspecified atom stereocenters. The maximum absolute atomic E-state index is 12.1. The quantitative estimate of drug-likeness (QED) is 0.896. The maximum atomic E-state index is 12.1. The largest absolute Gasteiger partial charge is 0.497 e. The minimum Gasteiger partial charge on any atom is -0.497 e. The van der Waals surface area contributed by atoms with E-state index in [0.717, 1.165) is 10.0 Å². The second kappa shape index (κ2) is 6.39. The minimum atomic E-state index is -3.53. The molecule has 6 heteroatoms. The van der Waals surface area contributed by atoms with E-state index in [1.807, 2.05) is 24.3 Å². The van der Waals surface area contributed by atoms with Crippen LogP contribution in [-0.4, -0.2) is 15.5 Å². The van der Waals surface area contributed by atoms with Gasteiger partial charge in [0.2, 0.25) is 10.0 Å². The van der Waals surface area contributed by atoms with E-state index in [0.29, 0.717) is 5.75 Å². The highest BCUT2D eigenvalue weighted by atomic mass is 79.9. The lowest BCUT2D eigenvalue weighted by Gasteiger charge is -2.08. The van der Waals surface area contributed by atoms with Crippen LogP contribution < -0.4 is 9.46 Å². The lowest BCUT2D eigenvalue weighted by atomic mass is 10.2. The van der Waals surface area contributed by atoms with Gasteiger partial charge < -0.3 is 4.74 Å². The molecule has 0 heterocycles. The molecule has 2 aromatic rings. The average molecular weight is 356 g/mol. The number of benzene rings is 2. The van der Waals surface area contributed by atoms with Gasteiger partial charge in [0.1, 0.15) is 5.75 Å². The maximum Gasteiger partial charge on any atom is 0.240 e. The van der Waals surface area contributed by atoms with Crippen molar-refractivity contribution in [2.24, 2.45) is 0 Å². The molecule has 0 bridgehead atoms. The Kier molecular flexibility index (Phi) is 4.80. The van der Waals surface area contributed by atoms with Crippen LogP contribution in [0.25, 0.3) is 0 Å². The second-order valence-corrected chi connectivity index (χ2v) is 6.71. The van der Waals surface area contributed by atoms with E-state index in [1.165, 1.54) is 19.2 Å². The van der Waals surface area contributed by atoms with E-state index in [1.54, 1.807) is 12.1 Å². The molecule has 0 spiro atoms. The van der Waals surface area contributed by atoms with Gasteiger partial charge in [0.25, 0.3) is 0 Å². The van der Waals surface area contributed by atoms with Crippen molar-refractivity contribution in [2.45, 2.75) is 11.4 Å². The first-order valence-corrected chi connectivity index (χ1v) is 8.17. The van der Waals surface area contributed by atoms with Crippen molar-refractivity contribution in [3.05, 3.63) is 58.6 Å². The third kappa shape index (κ3) is 3.59. The van der Waals surface area contributed by atoms with E-state index in [-0.39, 0.29) is 11.4 Å². The SMILES string of the molecule is COc1ccc(S(=O)(=O)NCc2ccccc2Br)cc1. The van der Waals surface area contributed by atoms with Gasteiger partial charge >= 0.3 is 0 Å². The summed E-state index contributed by atoms with van der Waals surface area (Å²) >= 11 is 3.39. The van der Waals surface area contributed by atoms with Crippen molar-refractivity contribution in [1.29, 1.82) is 0 Å². The predicted octanol–water partition coefficient (Wildman–Crippen LogP) is 2.94. The molecule has 0 aliphatic heterocycles. The Morgan fingerprint density at radius 1 is 1.10 bits per heavy atom. The number of rotatable bonds is 5. The Balaban J connectivity index is 2.13. The van der Waals surface area contributed by atoms with Gasteiger partial charge in [-0.3, -0.25) is 0 Å². The Morgan fingerprint density at radius 3 is 2.35 bits per heavy atom. The van der Waals surface area contributed by atoms with Crippen LogP contribution in [0.4, 0.5) is 0 Å². The Bertz CT molecular complexity index is 684. The Hall–Kier alpha value is -1.37. The fraction of sp³-hybridized carbons (Fsp3) is 0.143. The molecular weight excluding hydrogens is 342 g/mol. The lowest BCUT2D eigenvalue weighted by Crippen LogP contribution is -2.23.